The highest BCUT2D eigenvalue weighted by Gasteiger charge is 2.12. The van der Waals surface area contributed by atoms with Crippen molar-refractivity contribution < 1.29 is 0 Å². The van der Waals surface area contributed by atoms with E-state index in [0.717, 1.165) is 15.7 Å². The van der Waals surface area contributed by atoms with Gasteiger partial charge in [0, 0.05) is 5.69 Å². The highest BCUT2D eigenvalue weighted by atomic mass is 79.9. The summed E-state index contributed by atoms with van der Waals surface area (Å²) in [6.07, 6.45) is 0. The molecule has 1 heterocycles. The van der Waals surface area contributed by atoms with E-state index in [1.165, 1.54) is 0 Å². The third-order valence-corrected chi connectivity index (χ3v) is 4.90. The number of hydrogen-bond acceptors (Lipinski definition) is 2. The molecule has 2 aromatic rings. The van der Waals surface area contributed by atoms with Crippen LogP contribution in [0.5, 0.6) is 0 Å². The lowest BCUT2D eigenvalue weighted by Crippen LogP contribution is -2.27. The SMILES string of the molecule is Cc1nc(=O)n(Cc2cccc(Cl)c2Cl)c(C)c1Br. The minimum Gasteiger partial charge on any atom is -0.291 e. The van der Waals surface area contributed by atoms with Crippen LogP contribution >= 0.6 is 39.1 Å². The van der Waals surface area contributed by atoms with Gasteiger partial charge in [-0.05, 0) is 41.4 Å². The maximum atomic E-state index is 12.0. The maximum absolute atomic E-state index is 12.0. The molecule has 19 heavy (non-hydrogen) atoms. The molecule has 0 bridgehead atoms. The molecular formula is C13H11BrCl2N2O. The minimum absolute atomic E-state index is 0.297. The van der Waals surface area contributed by atoms with Gasteiger partial charge in [0.05, 0.1) is 26.8 Å². The Kier molecular flexibility index (Phi) is 4.33. The summed E-state index contributed by atoms with van der Waals surface area (Å²) in [5, 5.41) is 0.941. The van der Waals surface area contributed by atoms with Gasteiger partial charge in [-0.3, -0.25) is 4.57 Å². The van der Waals surface area contributed by atoms with Crippen molar-refractivity contribution in [2.75, 3.05) is 0 Å². The quantitative estimate of drug-likeness (QED) is 0.810. The average Bonchev–Trinajstić information content (AvgIpc) is 2.37. The summed E-state index contributed by atoms with van der Waals surface area (Å²) in [7, 11) is 0. The molecule has 0 unspecified atom stereocenters. The van der Waals surface area contributed by atoms with Crippen LogP contribution in [-0.2, 0) is 6.54 Å². The van der Waals surface area contributed by atoms with Crippen LogP contribution in [0.25, 0.3) is 0 Å². The second-order valence-electron chi connectivity index (χ2n) is 4.18. The molecule has 0 N–H and O–H groups in total. The highest BCUT2D eigenvalue weighted by molar-refractivity contribution is 9.10. The summed E-state index contributed by atoms with van der Waals surface area (Å²) < 4.78 is 2.39. The molecule has 6 heteroatoms. The van der Waals surface area contributed by atoms with Crippen LogP contribution in [0.4, 0.5) is 0 Å². The molecule has 0 radical (unpaired) electrons. The van der Waals surface area contributed by atoms with Crippen molar-refractivity contribution in [1.29, 1.82) is 0 Å². The van der Waals surface area contributed by atoms with Crippen LogP contribution in [0.1, 0.15) is 17.0 Å². The fourth-order valence-corrected chi connectivity index (χ4v) is 2.49. The number of nitrogens with zero attached hydrogens (tertiary/aromatic N) is 2. The molecule has 0 fully saturated rings. The van der Waals surface area contributed by atoms with Crippen molar-refractivity contribution in [1.82, 2.24) is 9.55 Å². The van der Waals surface area contributed by atoms with E-state index < -0.39 is 0 Å². The van der Waals surface area contributed by atoms with E-state index in [4.69, 9.17) is 23.2 Å². The summed E-state index contributed by atoms with van der Waals surface area (Å²) in [4.78, 5) is 15.9. The number of rotatable bonds is 2. The van der Waals surface area contributed by atoms with Gasteiger partial charge < -0.3 is 0 Å². The highest BCUT2D eigenvalue weighted by Crippen LogP contribution is 2.26. The topological polar surface area (TPSA) is 34.9 Å². The van der Waals surface area contributed by atoms with Gasteiger partial charge in [0.15, 0.2) is 0 Å². The van der Waals surface area contributed by atoms with E-state index in [2.05, 4.69) is 20.9 Å². The van der Waals surface area contributed by atoms with E-state index in [9.17, 15) is 4.79 Å². The number of aromatic nitrogens is 2. The Morgan fingerprint density at radius 2 is 2.00 bits per heavy atom. The summed E-state index contributed by atoms with van der Waals surface area (Å²) >= 11 is 15.5. The zero-order valence-corrected chi connectivity index (χ0v) is 13.5. The summed E-state index contributed by atoms with van der Waals surface area (Å²) in [5.74, 6) is 0. The Balaban J connectivity index is 2.53. The fraction of sp³-hybridized carbons (Fsp3) is 0.231. The van der Waals surface area contributed by atoms with Crippen molar-refractivity contribution in [2.24, 2.45) is 0 Å². The van der Waals surface area contributed by atoms with Gasteiger partial charge >= 0.3 is 5.69 Å². The zero-order chi connectivity index (χ0) is 14.2. The number of aryl methyl sites for hydroxylation is 1. The predicted octanol–water partition coefficient (Wildman–Crippen LogP) is 3.98. The van der Waals surface area contributed by atoms with Crippen molar-refractivity contribution in [3.05, 3.63) is 60.2 Å². The van der Waals surface area contributed by atoms with Gasteiger partial charge in [-0.2, -0.15) is 4.98 Å². The van der Waals surface area contributed by atoms with E-state index >= 15 is 0 Å². The first-order valence-corrected chi connectivity index (χ1v) is 7.13. The molecule has 3 nitrogen and oxygen atoms in total. The first kappa shape index (κ1) is 14.6. The lowest BCUT2D eigenvalue weighted by atomic mass is 10.2. The lowest BCUT2D eigenvalue weighted by molar-refractivity contribution is 0.688. The Morgan fingerprint density at radius 1 is 1.32 bits per heavy atom. The second-order valence-corrected chi connectivity index (χ2v) is 5.76. The molecule has 0 aliphatic carbocycles. The predicted molar refractivity (Wildman–Crippen MR) is 81.2 cm³/mol. The minimum atomic E-state index is -0.297. The second kappa shape index (κ2) is 5.65. The van der Waals surface area contributed by atoms with E-state index in [-0.39, 0.29) is 5.69 Å². The monoisotopic (exact) mass is 360 g/mol. The number of hydrogen-bond donors (Lipinski definition) is 0. The normalized spacial score (nSPS) is 10.8. The van der Waals surface area contributed by atoms with Gasteiger partial charge in [-0.1, -0.05) is 35.3 Å². The van der Waals surface area contributed by atoms with Crippen LogP contribution in [0, 0.1) is 13.8 Å². The van der Waals surface area contributed by atoms with Crippen molar-refractivity contribution in [3.63, 3.8) is 0 Å². The van der Waals surface area contributed by atoms with Gasteiger partial charge in [-0.25, -0.2) is 4.79 Å². The van der Waals surface area contributed by atoms with Gasteiger partial charge in [-0.15, -0.1) is 0 Å². The molecule has 0 aliphatic heterocycles. The fourth-order valence-electron chi connectivity index (χ4n) is 1.80. The Labute approximate surface area is 129 Å². The van der Waals surface area contributed by atoms with E-state index in [1.54, 1.807) is 23.6 Å². The number of benzene rings is 1. The Hall–Kier alpha value is -0.840. The molecule has 0 spiro atoms. The third-order valence-electron chi connectivity index (χ3n) is 2.89. The average molecular weight is 362 g/mol. The van der Waals surface area contributed by atoms with Crippen molar-refractivity contribution in [3.8, 4) is 0 Å². The molecule has 0 atom stereocenters. The zero-order valence-electron chi connectivity index (χ0n) is 10.4. The maximum Gasteiger partial charge on any atom is 0.348 e. The first-order valence-electron chi connectivity index (χ1n) is 5.58. The largest absolute Gasteiger partial charge is 0.348 e. The van der Waals surface area contributed by atoms with Crippen molar-refractivity contribution >= 4 is 39.1 Å². The molecule has 0 saturated carbocycles. The molecule has 1 aromatic heterocycles. The molecule has 2 rings (SSSR count). The molecule has 0 amide bonds. The summed E-state index contributed by atoms with van der Waals surface area (Å²) in [6.45, 7) is 3.99. The Morgan fingerprint density at radius 3 is 2.68 bits per heavy atom. The molecule has 0 aliphatic rings. The van der Waals surface area contributed by atoms with Gasteiger partial charge in [0.1, 0.15) is 0 Å². The van der Waals surface area contributed by atoms with Crippen molar-refractivity contribution in [2.45, 2.75) is 20.4 Å². The van der Waals surface area contributed by atoms with Gasteiger partial charge in [0.25, 0.3) is 0 Å². The standard InChI is InChI=1S/C13H11BrCl2N2O/c1-7-11(14)8(2)18(13(19)17-7)6-9-4-3-5-10(15)12(9)16/h3-5H,6H2,1-2H3. The van der Waals surface area contributed by atoms with Crippen LogP contribution in [-0.4, -0.2) is 9.55 Å². The van der Waals surface area contributed by atoms with E-state index in [1.807, 2.05) is 13.0 Å². The van der Waals surface area contributed by atoms with Crippen LogP contribution < -0.4 is 5.69 Å². The molecule has 1 aromatic carbocycles. The van der Waals surface area contributed by atoms with E-state index in [0.29, 0.717) is 22.3 Å². The molecular weight excluding hydrogens is 351 g/mol. The van der Waals surface area contributed by atoms with Crippen LogP contribution in [0.2, 0.25) is 10.0 Å². The first-order chi connectivity index (χ1) is 8.91. The van der Waals surface area contributed by atoms with Crippen LogP contribution in [0.3, 0.4) is 0 Å². The molecule has 100 valence electrons. The number of halogens is 3. The van der Waals surface area contributed by atoms with Crippen LogP contribution in [0.15, 0.2) is 27.5 Å². The smallest absolute Gasteiger partial charge is 0.291 e. The Bertz CT molecular complexity index is 698. The summed E-state index contributed by atoms with van der Waals surface area (Å²) in [5.41, 5.74) is 1.98. The third kappa shape index (κ3) is 2.86. The lowest BCUT2D eigenvalue weighted by Gasteiger charge is -2.13. The van der Waals surface area contributed by atoms with Gasteiger partial charge in [0.2, 0.25) is 0 Å². The summed E-state index contributed by atoms with van der Waals surface area (Å²) in [6, 6.07) is 5.36. The molecule has 0 saturated heterocycles.